The third-order valence-electron chi connectivity index (χ3n) is 4.60. The number of halogens is 2. The predicted octanol–water partition coefficient (Wildman–Crippen LogP) is 6.14. The van der Waals surface area contributed by atoms with Crippen LogP contribution in [0.3, 0.4) is 0 Å². The molecule has 0 aliphatic carbocycles. The van der Waals surface area contributed by atoms with E-state index in [1.54, 1.807) is 18.2 Å². The van der Waals surface area contributed by atoms with Gasteiger partial charge in [0, 0.05) is 16.5 Å². The Morgan fingerprint density at radius 1 is 0.889 bits per heavy atom. The fraction of sp³-hybridized carbons (Fsp3) is 0.174. The Hall–Kier alpha value is -2.29. The summed E-state index contributed by atoms with van der Waals surface area (Å²) in [5, 5.41) is 4.36. The smallest absolute Gasteiger partial charge is 0.221 e. The summed E-state index contributed by atoms with van der Waals surface area (Å²) in [7, 11) is 0. The van der Waals surface area contributed by atoms with Gasteiger partial charge in [-0.15, -0.1) is 0 Å². The Kier molecular flexibility index (Phi) is 6.54. The maximum atomic E-state index is 12.7. The first-order valence-electron chi connectivity index (χ1n) is 8.89. The molecule has 3 aromatic rings. The molecule has 3 rings (SSSR count). The summed E-state index contributed by atoms with van der Waals surface area (Å²) in [5.74, 6) is -0.0388. The second kappa shape index (κ2) is 9.07. The summed E-state index contributed by atoms with van der Waals surface area (Å²) in [5.41, 5.74) is 4.09. The fourth-order valence-corrected chi connectivity index (χ4v) is 3.73. The molecule has 0 saturated carbocycles. The van der Waals surface area contributed by atoms with Gasteiger partial charge in [0.1, 0.15) is 0 Å². The first-order valence-corrected chi connectivity index (χ1v) is 9.64. The highest BCUT2D eigenvalue weighted by atomic mass is 35.5. The Morgan fingerprint density at radius 2 is 1.52 bits per heavy atom. The van der Waals surface area contributed by atoms with Crippen molar-refractivity contribution in [3.05, 3.63) is 105 Å². The first kappa shape index (κ1) is 19.5. The number of amides is 1. The molecule has 0 fully saturated rings. The molecule has 0 aliphatic heterocycles. The Balaban J connectivity index is 1.78. The monoisotopic (exact) mass is 397 g/mol. The molecule has 0 radical (unpaired) electrons. The molecule has 4 heteroatoms. The van der Waals surface area contributed by atoms with Gasteiger partial charge in [-0.05, 0) is 47.7 Å². The number of benzene rings is 3. The van der Waals surface area contributed by atoms with Crippen LogP contribution >= 0.6 is 23.2 Å². The summed E-state index contributed by atoms with van der Waals surface area (Å²) >= 11 is 12.4. The molecule has 2 nitrogen and oxygen atoms in total. The van der Waals surface area contributed by atoms with Crippen LogP contribution in [0.4, 0.5) is 0 Å². The van der Waals surface area contributed by atoms with E-state index in [9.17, 15) is 4.79 Å². The molecule has 1 atom stereocenters. The number of nitrogens with one attached hydrogen (secondary N) is 1. The highest BCUT2D eigenvalue weighted by molar-refractivity contribution is 6.36. The summed E-state index contributed by atoms with van der Waals surface area (Å²) in [6.07, 6.45) is 0.818. The van der Waals surface area contributed by atoms with E-state index in [4.69, 9.17) is 23.2 Å². The lowest BCUT2D eigenvalue weighted by Crippen LogP contribution is -2.30. The van der Waals surface area contributed by atoms with E-state index in [1.165, 1.54) is 0 Å². The van der Waals surface area contributed by atoms with Crippen LogP contribution in [-0.2, 0) is 11.2 Å². The second-order valence-electron chi connectivity index (χ2n) is 6.47. The molecule has 0 heterocycles. The van der Waals surface area contributed by atoms with Crippen LogP contribution in [0.1, 0.15) is 34.7 Å². The zero-order valence-electron chi connectivity index (χ0n) is 15.1. The van der Waals surface area contributed by atoms with Gasteiger partial charge in [-0.3, -0.25) is 4.79 Å². The van der Waals surface area contributed by atoms with Crippen LogP contribution in [0, 0.1) is 6.92 Å². The van der Waals surface area contributed by atoms with Crippen molar-refractivity contribution in [3.63, 3.8) is 0 Å². The van der Waals surface area contributed by atoms with E-state index in [1.807, 2.05) is 42.5 Å². The maximum absolute atomic E-state index is 12.7. The lowest BCUT2D eigenvalue weighted by Gasteiger charge is -2.22. The van der Waals surface area contributed by atoms with E-state index >= 15 is 0 Å². The predicted molar refractivity (Wildman–Crippen MR) is 112 cm³/mol. The third kappa shape index (κ3) is 4.91. The van der Waals surface area contributed by atoms with E-state index in [0.717, 1.165) is 22.3 Å². The lowest BCUT2D eigenvalue weighted by atomic mass is 9.94. The molecule has 1 N–H and O–H groups in total. The molecule has 1 amide bonds. The van der Waals surface area contributed by atoms with Gasteiger partial charge in [-0.2, -0.15) is 0 Å². The molecule has 0 bridgehead atoms. The zero-order chi connectivity index (χ0) is 19.2. The maximum Gasteiger partial charge on any atom is 0.221 e. The van der Waals surface area contributed by atoms with Crippen LogP contribution in [0.25, 0.3) is 0 Å². The molecular formula is C23H21Cl2NO. The average molecular weight is 398 g/mol. The summed E-state index contributed by atoms with van der Waals surface area (Å²) in [6.45, 7) is 2.06. The Bertz CT molecular complexity index is 904. The van der Waals surface area contributed by atoms with E-state index < -0.39 is 0 Å². The topological polar surface area (TPSA) is 29.1 Å². The molecule has 0 unspecified atom stereocenters. The van der Waals surface area contributed by atoms with Crippen molar-refractivity contribution in [1.29, 1.82) is 0 Å². The molecule has 27 heavy (non-hydrogen) atoms. The van der Waals surface area contributed by atoms with Gasteiger partial charge in [0.15, 0.2) is 0 Å². The number of carbonyl (C=O) groups excluding carboxylic acids is 1. The van der Waals surface area contributed by atoms with Crippen LogP contribution < -0.4 is 5.32 Å². The number of hydrogen-bond donors (Lipinski definition) is 1. The minimum Gasteiger partial charge on any atom is -0.345 e. The van der Waals surface area contributed by atoms with Gasteiger partial charge >= 0.3 is 0 Å². The van der Waals surface area contributed by atoms with Crippen LogP contribution in [-0.4, -0.2) is 5.91 Å². The van der Waals surface area contributed by atoms with Crippen molar-refractivity contribution >= 4 is 29.1 Å². The molecule has 0 aliphatic rings. The van der Waals surface area contributed by atoms with Crippen molar-refractivity contribution < 1.29 is 4.79 Å². The lowest BCUT2D eigenvalue weighted by molar-refractivity contribution is -0.121. The normalized spacial score (nSPS) is 11.8. The highest BCUT2D eigenvalue weighted by Gasteiger charge is 2.18. The fourth-order valence-electron chi connectivity index (χ4n) is 3.14. The van der Waals surface area contributed by atoms with Gasteiger partial charge in [-0.1, -0.05) is 83.9 Å². The summed E-state index contributed by atoms with van der Waals surface area (Å²) < 4.78 is 0. The van der Waals surface area contributed by atoms with Gasteiger partial charge < -0.3 is 5.32 Å². The SMILES string of the molecule is Cc1ccccc1[C@H](NC(=O)CCc1c(Cl)cccc1Cl)c1ccccc1. The van der Waals surface area contributed by atoms with Crippen molar-refractivity contribution in [1.82, 2.24) is 5.32 Å². The summed E-state index contributed by atoms with van der Waals surface area (Å²) in [6, 6.07) is 23.3. The van der Waals surface area contributed by atoms with Crippen molar-refractivity contribution in [3.8, 4) is 0 Å². The van der Waals surface area contributed by atoms with Gasteiger partial charge in [0.2, 0.25) is 5.91 Å². The molecule has 0 aromatic heterocycles. The number of rotatable bonds is 6. The third-order valence-corrected chi connectivity index (χ3v) is 5.31. The van der Waals surface area contributed by atoms with E-state index in [0.29, 0.717) is 22.9 Å². The largest absolute Gasteiger partial charge is 0.345 e. The van der Waals surface area contributed by atoms with Gasteiger partial charge in [-0.25, -0.2) is 0 Å². The molecular weight excluding hydrogens is 377 g/mol. The Labute approximate surface area is 170 Å². The van der Waals surface area contributed by atoms with Crippen LogP contribution in [0.15, 0.2) is 72.8 Å². The van der Waals surface area contributed by atoms with Crippen molar-refractivity contribution in [2.75, 3.05) is 0 Å². The molecule has 0 saturated heterocycles. The first-order chi connectivity index (χ1) is 13.1. The minimum absolute atomic E-state index is 0.0388. The molecule has 138 valence electrons. The quantitative estimate of drug-likeness (QED) is 0.531. The van der Waals surface area contributed by atoms with E-state index in [-0.39, 0.29) is 11.9 Å². The molecule has 3 aromatic carbocycles. The number of aryl methyl sites for hydroxylation is 1. The number of carbonyl (C=O) groups is 1. The zero-order valence-corrected chi connectivity index (χ0v) is 16.6. The van der Waals surface area contributed by atoms with Crippen LogP contribution in [0.2, 0.25) is 10.0 Å². The highest BCUT2D eigenvalue weighted by Crippen LogP contribution is 2.27. The van der Waals surface area contributed by atoms with Crippen molar-refractivity contribution in [2.24, 2.45) is 0 Å². The summed E-state index contributed by atoms with van der Waals surface area (Å²) in [4.78, 5) is 12.7. The second-order valence-corrected chi connectivity index (χ2v) is 7.28. The Morgan fingerprint density at radius 3 is 2.19 bits per heavy atom. The van der Waals surface area contributed by atoms with E-state index in [2.05, 4.69) is 24.4 Å². The van der Waals surface area contributed by atoms with Gasteiger partial charge in [0.25, 0.3) is 0 Å². The minimum atomic E-state index is -0.193. The van der Waals surface area contributed by atoms with Crippen LogP contribution in [0.5, 0.6) is 0 Å². The molecule has 0 spiro atoms. The standard InChI is InChI=1S/C23H21Cl2NO/c1-16-8-5-6-11-18(16)23(17-9-3-2-4-10-17)26-22(27)15-14-19-20(24)12-7-13-21(19)25/h2-13,23H,14-15H2,1H3,(H,26,27)/t23-/m1/s1. The number of hydrogen-bond acceptors (Lipinski definition) is 1. The van der Waals surface area contributed by atoms with Gasteiger partial charge in [0.05, 0.1) is 6.04 Å². The average Bonchev–Trinajstić information content (AvgIpc) is 2.67. The van der Waals surface area contributed by atoms with Crippen molar-refractivity contribution in [2.45, 2.75) is 25.8 Å².